The van der Waals surface area contributed by atoms with Gasteiger partial charge in [0.15, 0.2) is 11.6 Å². The molecule has 3 aromatic heterocycles. The highest BCUT2D eigenvalue weighted by molar-refractivity contribution is 7.16. The highest BCUT2D eigenvalue weighted by Gasteiger charge is 2.52. The number of aryl methyl sites for hydroxylation is 2. The molecule has 7 rings (SSSR count). The Labute approximate surface area is 223 Å². The zero-order valence-electron chi connectivity index (χ0n) is 21.0. The molecule has 0 aromatic carbocycles. The molecule has 1 spiro atoms. The molecule has 0 amide bonds. The van der Waals surface area contributed by atoms with E-state index in [9.17, 15) is 10.5 Å². The van der Waals surface area contributed by atoms with E-state index in [4.69, 9.17) is 20.4 Å². The topological polar surface area (TPSA) is 169 Å². The van der Waals surface area contributed by atoms with Crippen LogP contribution in [0.4, 0.5) is 16.6 Å². The van der Waals surface area contributed by atoms with Crippen LogP contribution in [0.5, 0.6) is 6.01 Å². The van der Waals surface area contributed by atoms with Gasteiger partial charge in [-0.25, -0.2) is 0 Å². The van der Waals surface area contributed by atoms with Gasteiger partial charge in [0.25, 0.3) is 0 Å². The third-order valence-electron chi connectivity index (χ3n) is 8.40. The van der Waals surface area contributed by atoms with E-state index in [1.165, 1.54) is 16.2 Å². The number of piperazine rings is 1. The second-order valence-electron chi connectivity index (χ2n) is 10.7. The van der Waals surface area contributed by atoms with Gasteiger partial charge in [-0.15, -0.1) is 11.3 Å². The van der Waals surface area contributed by atoms with Crippen LogP contribution in [-0.4, -0.2) is 63.6 Å². The van der Waals surface area contributed by atoms with E-state index >= 15 is 0 Å². The molecular formula is C25H27N11OS. The monoisotopic (exact) mass is 529 g/mol. The third-order valence-corrected chi connectivity index (χ3v) is 9.48. The van der Waals surface area contributed by atoms with Crippen LogP contribution in [0, 0.1) is 29.6 Å². The van der Waals surface area contributed by atoms with Gasteiger partial charge in [-0.3, -0.25) is 0 Å². The van der Waals surface area contributed by atoms with E-state index in [0.717, 1.165) is 50.0 Å². The summed E-state index contributed by atoms with van der Waals surface area (Å²) >= 11 is 1.53. The lowest BCUT2D eigenvalue weighted by Gasteiger charge is -2.49. The summed E-state index contributed by atoms with van der Waals surface area (Å²) in [5, 5.41) is 35.2. The van der Waals surface area contributed by atoms with Crippen LogP contribution in [0.15, 0.2) is 0 Å². The van der Waals surface area contributed by atoms with Crippen LogP contribution in [0.25, 0.3) is 0 Å². The summed E-state index contributed by atoms with van der Waals surface area (Å²) in [5.41, 5.74) is 9.65. The molecule has 3 fully saturated rings. The predicted molar refractivity (Wildman–Crippen MR) is 140 cm³/mol. The summed E-state index contributed by atoms with van der Waals surface area (Å²) in [5.74, 6) is 1.20. The van der Waals surface area contributed by atoms with Crippen molar-refractivity contribution in [2.75, 3.05) is 41.7 Å². The maximum atomic E-state index is 10.3. The van der Waals surface area contributed by atoms with E-state index in [1.807, 2.05) is 6.92 Å². The van der Waals surface area contributed by atoms with E-state index in [-0.39, 0.29) is 18.0 Å². The summed E-state index contributed by atoms with van der Waals surface area (Å²) in [6.07, 6.45) is 4.14. The quantitative estimate of drug-likeness (QED) is 0.438. The SMILES string of the molecule is Cc1n[nH]nc1COc1nc(N2C[C@H]3CC[C@@H](C2)N3)c(C#N)c(N2CC3(CCc4sc(N)c(C#N)c43)C2)n1. The molecule has 2 atom stereocenters. The van der Waals surface area contributed by atoms with Crippen LogP contribution in [-0.2, 0) is 18.4 Å². The number of H-pyrrole nitrogens is 1. The van der Waals surface area contributed by atoms with Gasteiger partial charge in [0.1, 0.15) is 35.0 Å². The van der Waals surface area contributed by atoms with E-state index in [1.54, 1.807) is 0 Å². The Kier molecular flexibility index (Phi) is 5.22. The standard InChI is InChI=1S/C25H27N11OS/c1-13-18(33-34-32-13)10-37-24-30-22(35-8-14-2-3-15(9-35)29-14)17(7-27)23(31-24)36-11-25(12-36)5-4-19-20(25)16(6-26)21(28)38-19/h14-15,29H,2-5,8-12,28H2,1H3,(H,32,33,34)/t14-,15+. The smallest absolute Gasteiger partial charge is 0.320 e. The van der Waals surface area contributed by atoms with Crippen molar-refractivity contribution in [3.63, 3.8) is 0 Å². The fraction of sp³-hybridized carbons (Fsp3) is 0.520. The summed E-state index contributed by atoms with van der Waals surface area (Å²) in [6, 6.07) is 5.73. The number of hydrogen-bond acceptors (Lipinski definition) is 12. The van der Waals surface area contributed by atoms with E-state index in [0.29, 0.717) is 58.6 Å². The number of rotatable bonds is 5. The first-order valence-corrected chi connectivity index (χ1v) is 13.7. The number of nitriles is 2. The number of nitrogen functional groups attached to an aromatic ring is 1. The number of nitrogens with one attached hydrogen (secondary N) is 2. The van der Waals surface area contributed by atoms with Crippen molar-refractivity contribution in [1.82, 2.24) is 30.7 Å². The molecule has 2 bridgehead atoms. The number of hydrogen-bond donors (Lipinski definition) is 3. The van der Waals surface area contributed by atoms with Crippen LogP contribution < -0.4 is 25.6 Å². The summed E-state index contributed by atoms with van der Waals surface area (Å²) in [4.78, 5) is 15.0. The summed E-state index contributed by atoms with van der Waals surface area (Å²) < 4.78 is 6.02. The van der Waals surface area contributed by atoms with Crippen LogP contribution in [0.3, 0.4) is 0 Å². The van der Waals surface area contributed by atoms with Crippen molar-refractivity contribution in [3.05, 3.63) is 33.0 Å². The number of thiophene rings is 1. The molecule has 6 heterocycles. The average molecular weight is 530 g/mol. The van der Waals surface area contributed by atoms with Gasteiger partial charge in [0, 0.05) is 48.6 Å². The van der Waals surface area contributed by atoms with Crippen molar-refractivity contribution in [1.29, 1.82) is 10.5 Å². The second kappa shape index (κ2) is 8.55. The molecule has 3 aliphatic heterocycles. The Morgan fingerprint density at radius 2 is 1.79 bits per heavy atom. The number of fused-ring (bicyclic) bond motifs is 4. The van der Waals surface area contributed by atoms with Crippen molar-refractivity contribution in [2.24, 2.45) is 0 Å². The molecule has 194 valence electrons. The highest BCUT2D eigenvalue weighted by atomic mass is 32.1. The fourth-order valence-electron chi connectivity index (χ4n) is 6.56. The summed E-state index contributed by atoms with van der Waals surface area (Å²) in [7, 11) is 0. The van der Waals surface area contributed by atoms with Gasteiger partial charge >= 0.3 is 6.01 Å². The molecular weight excluding hydrogens is 502 g/mol. The first-order chi connectivity index (χ1) is 18.5. The zero-order valence-corrected chi connectivity index (χ0v) is 21.8. The Hall–Kier alpha value is -3.94. The Morgan fingerprint density at radius 3 is 2.45 bits per heavy atom. The molecule has 12 nitrogen and oxygen atoms in total. The molecule has 4 N–H and O–H groups in total. The molecule has 3 aromatic rings. The minimum Gasteiger partial charge on any atom is -0.457 e. The first kappa shape index (κ1) is 23.2. The Morgan fingerprint density at radius 1 is 1.08 bits per heavy atom. The molecule has 4 aliphatic rings. The molecule has 3 saturated heterocycles. The predicted octanol–water partition coefficient (Wildman–Crippen LogP) is 1.51. The Balaban J connectivity index is 1.24. The van der Waals surface area contributed by atoms with Gasteiger partial charge in [-0.2, -0.15) is 35.9 Å². The maximum Gasteiger partial charge on any atom is 0.320 e. The molecule has 0 saturated carbocycles. The minimum atomic E-state index is -0.140. The van der Waals surface area contributed by atoms with Crippen molar-refractivity contribution in [3.8, 4) is 18.1 Å². The second-order valence-corrected chi connectivity index (χ2v) is 11.9. The molecule has 13 heteroatoms. The number of aromatic amines is 1. The van der Waals surface area contributed by atoms with E-state index < -0.39 is 0 Å². The number of nitrogens with zero attached hydrogens (tertiary/aromatic N) is 8. The highest BCUT2D eigenvalue weighted by Crippen LogP contribution is 2.53. The Bertz CT molecular complexity index is 1500. The van der Waals surface area contributed by atoms with Crippen molar-refractivity contribution >= 4 is 28.0 Å². The number of aromatic nitrogens is 5. The van der Waals surface area contributed by atoms with Gasteiger partial charge < -0.3 is 25.6 Å². The van der Waals surface area contributed by atoms with Crippen molar-refractivity contribution < 1.29 is 4.74 Å². The lowest BCUT2D eigenvalue weighted by Crippen LogP contribution is -2.59. The first-order valence-electron chi connectivity index (χ1n) is 12.9. The zero-order chi connectivity index (χ0) is 26.0. The van der Waals surface area contributed by atoms with Crippen LogP contribution in [0.2, 0.25) is 0 Å². The maximum absolute atomic E-state index is 10.3. The number of anilines is 3. The lowest BCUT2D eigenvalue weighted by molar-refractivity contribution is 0.273. The average Bonchev–Trinajstić information content (AvgIpc) is 3.64. The number of nitrogens with two attached hydrogens (primary N) is 1. The molecule has 1 aliphatic carbocycles. The molecule has 38 heavy (non-hydrogen) atoms. The van der Waals surface area contributed by atoms with Gasteiger partial charge in [0.2, 0.25) is 0 Å². The van der Waals surface area contributed by atoms with Gasteiger partial charge in [-0.05, 0) is 38.2 Å². The van der Waals surface area contributed by atoms with E-state index in [2.05, 4.69) is 42.7 Å². The van der Waals surface area contributed by atoms with Crippen molar-refractivity contribution in [2.45, 2.75) is 56.7 Å². The van der Waals surface area contributed by atoms with Gasteiger partial charge in [-0.1, -0.05) is 0 Å². The molecule has 0 radical (unpaired) electrons. The lowest BCUT2D eigenvalue weighted by atomic mass is 9.74. The normalized spacial score (nSPS) is 22.7. The largest absolute Gasteiger partial charge is 0.457 e. The van der Waals surface area contributed by atoms with Gasteiger partial charge in [0.05, 0.1) is 11.3 Å². The number of ether oxygens (including phenoxy) is 1. The molecule has 0 unspecified atom stereocenters. The fourth-order valence-corrected chi connectivity index (χ4v) is 7.70. The third kappa shape index (κ3) is 3.50. The van der Waals surface area contributed by atoms with Crippen LogP contribution >= 0.6 is 11.3 Å². The van der Waals surface area contributed by atoms with Crippen LogP contribution in [0.1, 0.15) is 52.2 Å². The minimum absolute atomic E-state index is 0.140. The summed E-state index contributed by atoms with van der Waals surface area (Å²) in [6.45, 7) is 4.95.